The summed E-state index contributed by atoms with van der Waals surface area (Å²) in [5.74, 6) is 0.751. The Morgan fingerprint density at radius 2 is 2.24 bits per heavy atom. The van der Waals surface area contributed by atoms with E-state index in [9.17, 15) is 0 Å². The second-order valence-electron chi connectivity index (χ2n) is 6.96. The van der Waals surface area contributed by atoms with Crippen molar-refractivity contribution in [2.75, 3.05) is 13.2 Å². The summed E-state index contributed by atoms with van der Waals surface area (Å²) in [6.07, 6.45) is -2.05. The number of nitrogens with zero attached hydrogens (tertiary/aromatic N) is 4. The summed E-state index contributed by atoms with van der Waals surface area (Å²) in [7, 11) is 0. The highest BCUT2D eigenvalue weighted by molar-refractivity contribution is 8.07. The van der Waals surface area contributed by atoms with Crippen LogP contribution in [0.5, 0.6) is 5.88 Å². The van der Waals surface area contributed by atoms with E-state index >= 15 is 4.39 Å². The molecule has 29 heavy (non-hydrogen) atoms. The van der Waals surface area contributed by atoms with E-state index < -0.39 is 30.3 Å². The molecule has 0 aromatic carbocycles. The van der Waals surface area contributed by atoms with Gasteiger partial charge in [0.25, 0.3) is 5.13 Å². The number of fused-ring (bicyclic) bond motifs is 2. The fourth-order valence-electron chi connectivity index (χ4n) is 3.28. The lowest BCUT2D eigenvalue weighted by molar-refractivity contribution is -0.0635. The predicted octanol–water partition coefficient (Wildman–Crippen LogP) is 3.40. The van der Waals surface area contributed by atoms with Gasteiger partial charge in [0, 0.05) is 0 Å². The Labute approximate surface area is 177 Å². The maximum absolute atomic E-state index is 15.8. The smallest absolute Gasteiger partial charge is 0.328 e. The fourth-order valence-corrected chi connectivity index (χ4v) is 6.25. The third kappa shape index (κ3) is 3.78. The summed E-state index contributed by atoms with van der Waals surface area (Å²) in [5.41, 5.74) is 0.722. The molecule has 0 bridgehead atoms. The second kappa shape index (κ2) is 7.64. The first-order valence-electron chi connectivity index (χ1n) is 9.13. The number of halogens is 2. The predicted molar refractivity (Wildman–Crippen MR) is 106 cm³/mol. The van der Waals surface area contributed by atoms with Crippen molar-refractivity contribution in [3.8, 4) is 5.88 Å². The summed E-state index contributed by atoms with van der Waals surface area (Å²) in [4.78, 5) is 12.9. The molecule has 2 aromatic rings. The Morgan fingerprint density at radius 1 is 1.48 bits per heavy atom. The van der Waals surface area contributed by atoms with Crippen LogP contribution in [-0.2, 0) is 30.1 Å². The van der Waals surface area contributed by atoms with Gasteiger partial charge in [-0.3, -0.25) is 9.09 Å². The van der Waals surface area contributed by atoms with Gasteiger partial charge in [0.15, 0.2) is 17.4 Å². The molecule has 0 aliphatic carbocycles. The average Bonchev–Trinajstić information content (AvgIpc) is 3.13. The number of hydrogen-bond acceptors (Lipinski definition) is 9. The Balaban J connectivity index is 1.70. The van der Waals surface area contributed by atoms with E-state index in [1.807, 2.05) is 6.92 Å². The molecule has 0 N–H and O–H groups in total. The van der Waals surface area contributed by atoms with Crippen LogP contribution in [0.3, 0.4) is 0 Å². The van der Waals surface area contributed by atoms with Crippen molar-refractivity contribution in [3.05, 3.63) is 12.2 Å². The third-order valence-electron chi connectivity index (χ3n) is 4.36. The molecule has 4 rings (SSSR count). The van der Waals surface area contributed by atoms with Crippen molar-refractivity contribution < 1.29 is 27.4 Å². The van der Waals surface area contributed by atoms with Crippen LogP contribution in [0.1, 0.15) is 32.8 Å². The van der Waals surface area contributed by atoms with Crippen molar-refractivity contribution in [1.82, 2.24) is 19.5 Å². The molecular weight excluding hydrogens is 446 g/mol. The normalized spacial score (nSPS) is 34.7. The summed E-state index contributed by atoms with van der Waals surface area (Å²) in [6.45, 7) is 4.39. The molecule has 2 aliphatic rings. The van der Waals surface area contributed by atoms with Gasteiger partial charge < -0.3 is 18.5 Å². The first-order chi connectivity index (χ1) is 13.6. The van der Waals surface area contributed by atoms with Gasteiger partial charge in [-0.25, -0.2) is 14.4 Å². The lowest BCUT2D eigenvalue weighted by atomic mass is 10.1. The van der Waals surface area contributed by atoms with Gasteiger partial charge in [0.05, 0.1) is 25.6 Å². The second-order valence-corrected chi connectivity index (χ2v) is 10.5. The first-order valence-corrected chi connectivity index (χ1v) is 12.1. The van der Waals surface area contributed by atoms with E-state index in [1.165, 1.54) is 10.9 Å². The molecule has 2 saturated heterocycles. The minimum Gasteiger partial charge on any atom is -0.476 e. The van der Waals surface area contributed by atoms with Gasteiger partial charge in [-0.2, -0.15) is 4.98 Å². The van der Waals surface area contributed by atoms with Crippen LogP contribution in [0.15, 0.2) is 6.33 Å². The SMILES string of the molecule is CCOc1nc(C)nc2c1ncn2[C@@H]1O[C@@H]2CO[P@@](=S)(OC(C)C)O[C@H]2[C@@]1(F)Cl. The maximum atomic E-state index is 15.8. The molecule has 2 aromatic heterocycles. The van der Waals surface area contributed by atoms with Crippen LogP contribution in [0.25, 0.3) is 11.2 Å². The molecule has 0 unspecified atom stereocenters. The van der Waals surface area contributed by atoms with Gasteiger partial charge in [0.1, 0.15) is 18.0 Å². The zero-order valence-corrected chi connectivity index (χ0v) is 18.7. The van der Waals surface area contributed by atoms with Crippen LogP contribution in [0, 0.1) is 6.92 Å². The molecule has 0 spiro atoms. The van der Waals surface area contributed by atoms with Crippen molar-refractivity contribution in [2.24, 2.45) is 0 Å². The number of ether oxygens (including phenoxy) is 2. The Kier molecular flexibility index (Phi) is 5.61. The maximum Gasteiger partial charge on any atom is 0.328 e. The zero-order chi connectivity index (χ0) is 21.0. The van der Waals surface area contributed by atoms with Crippen LogP contribution in [0.4, 0.5) is 4.39 Å². The molecule has 0 amide bonds. The largest absolute Gasteiger partial charge is 0.476 e. The van der Waals surface area contributed by atoms with E-state index in [0.717, 1.165) is 0 Å². The minimum atomic E-state index is -3.14. The molecule has 4 heterocycles. The lowest BCUT2D eigenvalue weighted by Crippen LogP contribution is -2.43. The topological polar surface area (TPSA) is 89.8 Å². The highest BCUT2D eigenvalue weighted by atomic mass is 35.5. The van der Waals surface area contributed by atoms with Crippen molar-refractivity contribution >= 4 is 41.3 Å². The molecule has 2 fully saturated rings. The van der Waals surface area contributed by atoms with Gasteiger partial charge in [-0.1, -0.05) is 11.6 Å². The fraction of sp³-hybridized carbons (Fsp3) is 0.688. The molecule has 13 heteroatoms. The van der Waals surface area contributed by atoms with E-state index in [0.29, 0.717) is 29.5 Å². The number of rotatable bonds is 5. The summed E-state index contributed by atoms with van der Waals surface area (Å²) >= 11 is 11.7. The number of aryl methyl sites for hydroxylation is 1. The van der Waals surface area contributed by atoms with Crippen LogP contribution < -0.4 is 4.74 Å². The van der Waals surface area contributed by atoms with Crippen LogP contribution in [-0.4, -0.2) is 56.2 Å². The number of aromatic nitrogens is 4. The van der Waals surface area contributed by atoms with E-state index in [-0.39, 0.29) is 12.7 Å². The Morgan fingerprint density at radius 3 is 2.93 bits per heavy atom. The summed E-state index contributed by atoms with van der Waals surface area (Å²) in [5, 5.41) is -2.45. The summed E-state index contributed by atoms with van der Waals surface area (Å²) in [6, 6.07) is 0. The minimum absolute atomic E-state index is 0.00833. The molecule has 0 radical (unpaired) electrons. The molecule has 2 aliphatic heterocycles. The third-order valence-corrected chi connectivity index (χ3v) is 7.23. The highest BCUT2D eigenvalue weighted by Gasteiger charge is 2.62. The zero-order valence-electron chi connectivity index (χ0n) is 16.2. The Bertz CT molecular complexity index is 976. The van der Waals surface area contributed by atoms with E-state index in [1.54, 1.807) is 20.8 Å². The Hall–Kier alpha value is -0.940. The molecular formula is C16H21ClFN4O5PS. The van der Waals surface area contributed by atoms with Gasteiger partial charge in [0.2, 0.25) is 5.88 Å². The van der Waals surface area contributed by atoms with Gasteiger partial charge >= 0.3 is 6.72 Å². The highest BCUT2D eigenvalue weighted by Crippen LogP contribution is 2.61. The first kappa shape index (κ1) is 21.3. The molecule has 0 saturated carbocycles. The molecule has 160 valence electrons. The standard InChI is InChI=1S/C16H21ClFN4O5PS/c1-5-23-14-11-13(20-9(4)21-14)22(7-19-11)15-16(17,18)12-10(25-15)6-24-28(29,27-12)26-8(2)3/h7-8,10,12,15H,5-6H2,1-4H3/t10-,12-,15-,16+,28-/m1/s1. The van der Waals surface area contributed by atoms with Crippen molar-refractivity contribution in [2.45, 2.75) is 57.4 Å². The van der Waals surface area contributed by atoms with E-state index in [4.69, 9.17) is 46.5 Å². The molecule has 5 atom stereocenters. The van der Waals surface area contributed by atoms with E-state index in [2.05, 4.69) is 15.0 Å². The van der Waals surface area contributed by atoms with Crippen molar-refractivity contribution in [1.29, 1.82) is 0 Å². The van der Waals surface area contributed by atoms with Crippen molar-refractivity contribution in [3.63, 3.8) is 0 Å². The lowest BCUT2D eigenvalue weighted by Gasteiger charge is -2.35. The molecule has 9 nitrogen and oxygen atoms in total. The number of hydrogen-bond donors (Lipinski definition) is 0. The van der Waals surface area contributed by atoms with Gasteiger partial charge in [-0.05, 0) is 39.5 Å². The van der Waals surface area contributed by atoms with Gasteiger partial charge in [-0.15, -0.1) is 0 Å². The number of alkyl halides is 2. The monoisotopic (exact) mass is 466 g/mol. The van der Waals surface area contributed by atoms with Crippen LogP contribution in [0.2, 0.25) is 0 Å². The number of imidazole rings is 1. The quantitative estimate of drug-likeness (QED) is 0.485. The summed E-state index contributed by atoms with van der Waals surface area (Å²) < 4.78 is 45.4. The average molecular weight is 467 g/mol. The van der Waals surface area contributed by atoms with Crippen LogP contribution >= 0.6 is 18.3 Å².